The van der Waals surface area contributed by atoms with Crippen molar-refractivity contribution in [1.29, 1.82) is 0 Å². The largest absolute Gasteiger partial charge is 0.492 e. The third-order valence-electron chi connectivity index (χ3n) is 5.22. The van der Waals surface area contributed by atoms with Crippen LogP contribution in [-0.4, -0.2) is 54.4 Å². The number of carbonyl (C=O) groups excluding carboxylic acids is 2. The monoisotopic (exact) mass is 475 g/mol. The van der Waals surface area contributed by atoms with E-state index in [1.165, 1.54) is 18.3 Å². The summed E-state index contributed by atoms with van der Waals surface area (Å²) < 4.78 is 6.71. The molecule has 0 fully saturated rings. The zero-order valence-electron chi connectivity index (χ0n) is 19.0. The average Bonchev–Trinajstić information content (AvgIpc) is 3.21. The van der Waals surface area contributed by atoms with Gasteiger partial charge < -0.3 is 9.64 Å². The number of fused-ring (bicyclic) bond motifs is 1. The van der Waals surface area contributed by atoms with Crippen LogP contribution < -0.4 is 9.64 Å². The number of amides is 1. The molecule has 0 bridgehead atoms. The summed E-state index contributed by atoms with van der Waals surface area (Å²) in [6, 6.07) is 12.7. The second kappa shape index (κ2) is 11.9. The molecule has 32 heavy (non-hydrogen) atoms. The third kappa shape index (κ3) is 5.85. The van der Waals surface area contributed by atoms with Gasteiger partial charge in [0, 0.05) is 24.2 Å². The van der Waals surface area contributed by atoms with Gasteiger partial charge in [-0.15, -0.1) is 12.4 Å². The van der Waals surface area contributed by atoms with Crippen LogP contribution in [0.5, 0.6) is 5.75 Å². The number of Topliss-reactive ketones (excluding diaryl/α,β-unsaturated/α-hetero) is 1. The van der Waals surface area contributed by atoms with Crippen LogP contribution in [0.25, 0.3) is 10.2 Å². The molecule has 0 spiro atoms. The first-order valence-electron chi connectivity index (χ1n) is 10.7. The Morgan fingerprint density at radius 2 is 1.62 bits per heavy atom. The molecule has 8 heteroatoms. The average molecular weight is 476 g/mol. The zero-order chi connectivity index (χ0) is 22.4. The molecule has 0 aliphatic carbocycles. The molecule has 3 rings (SSSR count). The van der Waals surface area contributed by atoms with Gasteiger partial charge in [0.05, 0.1) is 11.3 Å². The fourth-order valence-corrected chi connectivity index (χ4v) is 4.38. The smallest absolute Gasteiger partial charge is 0.260 e. The molecule has 0 radical (unpaired) electrons. The van der Waals surface area contributed by atoms with E-state index in [2.05, 4.69) is 18.7 Å². The molecule has 6 nitrogen and oxygen atoms in total. The van der Waals surface area contributed by atoms with Gasteiger partial charge in [-0.1, -0.05) is 43.4 Å². The molecular formula is C24H30ClN3O3S. The van der Waals surface area contributed by atoms with Gasteiger partial charge in [-0.25, -0.2) is 4.98 Å². The van der Waals surface area contributed by atoms with E-state index in [4.69, 9.17) is 9.72 Å². The summed E-state index contributed by atoms with van der Waals surface area (Å²) in [4.78, 5) is 33.8. The van der Waals surface area contributed by atoms with Gasteiger partial charge in [0.25, 0.3) is 5.91 Å². The lowest BCUT2D eigenvalue weighted by Gasteiger charge is -2.24. The van der Waals surface area contributed by atoms with Gasteiger partial charge in [-0.2, -0.15) is 0 Å². The maximum Gasteiger partial charge on any atom is 0.260 e. The molecule has 2 aromatic carbocycles. The van der Waals surface area contributed by atoms with Crippen LogP contribution in [0.2, 0.25) is 0 Å². The molecule has 0 unspecified atom stereocenters. The van der Waals surface area contributed by atoms with E-state index in [9.17, 15) is 9.59 Å². The predicted molar refractivity (Wildman–Crippen MR) is 134 cm³/mol. The Kier molecular flexibility index (Phi) is 9.62. The van der Waals surface area contributed by atoms with Crippen LogP contribution >= 0.6 is 23.7 Å². The fourth-order valence-electron chi connectivity index (χ4n) is 3.37. The van der Waals surface area contributed by atoms with Crippen molar-refractivity contribution in [2.75, 3.05) is 37.7 Å². The minimum Gasteiger partial charge on any atom is -0.492 e. The van der Waals surface area contributed by atoms with Crippen LogP contribution in [0.4, 0.5) is 5.13 Å². The predicted octanol–water partition coefficient (Wildman–Crippen LogP) is 5.31. The lowest BCUT2D eigenvalue weighted by atomic mass is 10.1. The van der Waals surface area contributed by atoms with E-state index in [0.717, 1.165) is 35.6 Å². The second-order valence-corrected chi connectivity index (χ2v) is 8.16. The number of para-hydroxylation sites is 1. The van der Waals surface area contributed by atoms with Crippen molar-refractivity contribution >= 4 is 50.8 Å². The Hall–Kier alpha value is -2.48. The number of hydrogen-bond donors (Lipinski definition) is 0. The number of thiazole rings is 1. The Balaban J connectivity index is 0.00000363. The lowest BCUT2D eigenvalue weighted by Crippen LogP contribution is -2.38. The third-order valence-corrected chi connectivity index (χ3v) is 6.26. The van der Waals surface area contributed by atoms with E-state index >= 15 is 0 Å². The summed E-state index contributed by atoms with van der Waals surface area (Å²) in [5, 5.41) is 0.648. The number of ketones is 1. The van der Waals surface area contributed by atoms with Gasteiger partial charge in [0.2, 0.25) is 0 Å². The SMILES string of the molecule is CCOc1cccc2sc(N(CCN(CC)CC)C(=O)c3ccc(C(C)=O)cc3)nc12.Cl. The quantitative estimate of drug-likeness (QED) is 0.372. The molecule has 0 atom stereocenters. The molecular weight excluding hydrogens is 446 g/mol. The first kappa shape index (κ1) is 25.8. The Morgan fingerprint density at radius 3 is 2.22 bits per heavy atom. The first-order valence-corrected chi connectivity index (χ1v) is 11.5. The van der Waals surface area contributed by atoms with Gasteiger partial charge in [0.1, 0.15) is 11.3 Å². The maximum absolute atomic E-state index is 13.5. The van der Waals surface area contributed by atoms with Crippen LogP contribution in [0.15, 0.2) is 42.5 Å². The van der Waals surface area contributed by atoms with Gasteiger partial charge >= 0.3 is 0 Å². The first-order chi connectivity index (χ1) is 15.0. The Bertz CT molecular complexity index is 1050. The highest BCUT2D eigenvalue weighted by atomic mass is 35.5. The highest BCUT2D eigenvalue weighted by Gasteiger charge is 2.23. The molecule has 1 amide bonds. The summed E-state index contributed by atoms with van der Waals surface area (Å²) in [6.07, 6.45) is 0. The van der Waals surface area contributed by atoms with Gasteiger partial charge in [0.15, 0.2) is 10.9 Å². The number of ether oxygens (including phenoxy) is 1. The second-order valence-electron chi connectivity index (χ2n) is 7.15. The number of nitrogens with zero attached hydrogens (tertiary/aromatic N) is 3. The molecule has 1 heterocycles. The minimum atomic E-state index is -0.126. The van der Waals surface area contributed by atoms with E-state index in [1.807, 2.05) is 25.1 Å². The molecule has 0 saturated heterocycles. The van der Waals surface area contributed by atoms with E-state index in [-0.39, 0.29) is 24.1 Å². The van der Waals surface area contributed by atoms with Crippen LogP contribution in [0, 0.1) is 0 Å². The van der Waals surface area contributed by atoms with Crippen LogP contribution in [-0.2, 0) is 0 Å². The van der Waals surface area contributed by atoms with Crippen molar-refractivity contribution in [3.63, 3.8) is 0 Å². The van der Waals surface area contributed by atoms with E-state index in [0.29, 0.717) is 29.4 Å². The summed E-state index contributed by atoms with van der Waals surface area (Å²) in [5.41, 5.74) is 1.90. The standard InChI is InChI=1S/C24H29N3O3S.ClH/c1-5-26(6-2)15-16-27(23(29)19-13-11-18(12-14-19)17(4)28)24-25-22-20(30-7-3)9-8-10-21(22)31-24;/h8-14H,5-7,15-16H2,1-4H3;1H. The molecule has 172 valence electrons. The molecule has 0 saturated carbocycles. The maximum atomic E-state index is 13.5. The van der Waals surface area contributed by atoms with Gasteiger partial charge in [-0.3, -0.25) is 14.5 Å². The zero-order valence-corrected chi connectivity index (χ0v) is 20.6. The fraction of sp³-hybridized carbons (Fsp3) is 0.375. The Labute approximate surface area is 199 Å². The molecule has 0 N–H and O–H groups in total. The molecule has 3 aromatic rings. The number of carbonyl (C=O) groups is 2. The van der Waals surface area contributed by atoms with Crippen molar-refractivity contribution in [3.05, 3.63) is 53.6 Å². The van der Waals surface area contributed by atoms with Crippen molar-refractivity contribution < 1.29 is 14.3 Å². The van der Waals surface area contributed by atoms with Crippen molar-refractivity contribution in [2.45, 2.75) is 27.7 Å². The lowest BCUT2D eigenvalue weighted by molar-refractivity contribution is 0.0980. The number of hydrogen-bond acceptors (Lipinski definition) is 6. The number of rotatable bonds is 10. The summed E-state index contributed by atoms with van der Waals surface area (Å²) >= 11 is 1.48. The summed E-state index contributed by atoms with van der Waals surface area (Å²) in [7, 11) is 0. The topological polar surface area (TPSA) is 62.7 Å². The van der Waals surface area contributed by atoms with Crippen molar-refractivity contribution in [3.8, 4) is 5.75 Å². The number of likely N-dealkylation sites (N-methyl/N-ethyl adjacent to an activating group) is 1. The summed E-state index contributed by atoms with van der Waals surface area (Å²) in [5.74, 6) is 0.579. The molecule has 1 aromatic heterocycles. The summed E-state index contributed by atoms with van der Waals surface area (Å²) in [6.45, 7) is 11.3. The number of anilines is 1. The number of aromatic nitrogens is 1. The number of benzene rings is 2. The highest BCUT2D eigenvalue weighted by molar-refractivity contribution is 7.22. The normalized spacial score (nSPS) is 10.8. The van der Waals surface area contributed by atoms with Crippen LogP contribution in [0.1, 0.15) is 48.4 Å². The van der Waals surface area contributed by atoms with Crippen LogP contribution in [0.3, 0.4) is 0 Å². The molecule has 0 aliphatic heterocycles. The highest BCUT2D eigenvalue weighted by Crippen LogP contribution is 2.34. The van der Waals surface area contributed by atoms with Crippen molar-refractivity contribution in [2.24, 2.45) is 0 Å². The Morgan fingerprint density at radius 1 is 0.969 bits per heavy atom. The van der Waals surface area contributed by atoms with Crippen molar-refractivity contribution in [1.82, 2.24) is 9.88 Å². The van der Waals surface area contributed by atoms with Gasteiger partial charge in [-0.05, 0) is 51.2 Å². The van der Waals surface area contributed by atoms with E-state index < -0.39 is 0 Å². The number of halogens is 1. The molecule has 0 aliphatic rings. The van der Waals surface area contributed by atoms with E-state index in [1.54, 1.807) is 29.2 Å². The minimum absolute atomic E-state index is 0.